The van der Waals surface area contributed by atoms with Gasteiger partial charge in [0.15, 0.2) is 0 Å². The Labute approximate surface area is 223 Å². The van der Waals surface area contributed by atoms with E-state index in [1.165, 1.54) is 19.8 Å². The fraction of sp³-hybridized carbons (Fsp3) is 0.839. The summed E-state index contributed by atoms with van der Waals surface area (Å²) < 4.78 is 5.08. The molecule has 0 aliphatic carbocycles. The summed E-state index contributed by atoms with van der Waals surface area (Å²) in [5, 5.41) is 9.06. The van der Waals surface area contributed by atoms with E-state index < -0.39 is 11.9 Å². The molecule has 1 rings (SSSR count). The second-order valence-electron chi connectivity index (χ2n) is 12.3. The van der Waals surface area contributed by atoms with Crippen molar-refractivity contribution in [1.29, 1.82) is 0 Å². The van der Waals surface area contributed by atoms with Crippen molar-refractivity contribution in [2.24, 2.45) is 59.2 Å². The van der Waals surface area contributed by atoms with E-state index in [9.17, 15) is 14.4 Å². The Morgan fingerprint density at radius 3 is 1.31 bits per heavy atom. The maximum Gasteiger partial charge on any atom is 0.315 e. The zero-order valence-corrected chi connectivity index (χ0v) is 25.0. The van der Waals surface area contributed by atoms with Crippen LogP contribution in [-0.2, 0) is 19.1 Å². The molecule has 1 saturated heterocycles. The van der Waals surface area contributed by atoms with Gasteiger partial charge in [0.2, 0.25) is 0 Å². The van der Waals surface area contributed by atoms with Crippen molar-refractivity contribution >= 4 is 17.7 Å². The molecule has 0 aromatic rings. The maximum atomic E-state index is 11.5. The molecule has 1 fully saturated rings. The van der Waals surface area contributed by atoms with Crippen LogP contribution in [0.3, 0.4) is 0 Å². The predicted octanol–water partition coefficient (Wildman–Crippen LogP) is 8.52. The summed E-state index contributed by atoms with van der Waals surface area (Å²) >= 11 is 0. The summed E-state index contributed by atoms with van der Waals surface area (Å²) in [4.78, 5) is 33.9. The van der Waals surface area contributed by atoms with Gasteiger partial charge < -0.3 is 9.84 Å². The number of hydrogen-bond acceptors (Lipinski definition) is 4. The van der Waals surface area contributed by atoms with Crippen molar-refractivity contribution in [2.45, 2.75) is 110 Å². The van der Waals surface area contributed by atoms with Gasteiger partial charge >= 0.3 is 11.9 Å². The molecule has 0 radical (unpaired) electrons. The number of carbonyl (C=O) groups excluding carboxylic acids is 2. The highest BCUT2D eigenvalue weighted by Gasteiger charge is 2.43. The summed E-state index contributed by atoms with van der Waals surface area (Å²) in [5.74, 6) is 1.53. The van der Waals surface area contributed by atoms with Crippen LogP contribution >= 0.6 is 0 Å². The molecule has 0 aromatic heterocycles. The topological polar surface area (TPSA) is 80.7 Å². The number of hydrogen-bond donors (Lipinski definition) is 1. The first-order chi connectivity index (χ1) is 15.9. The maximum absolute atomic E-state index is 11.5. The molecule has 0 amide bonds. The lowest BCUT2D eigenvalue weighted by Crippen LogP contribution is -2.35. The molecule has 0 aromatic carbocycles. The third-order valence-corrected chi connectivity index (χ3v) is 6.60. The van der Waals surface area contributed by atoms with Gasteiger partial charge in [-0.05, 0) is 42.4 Å². The predicted molar refractivity (Wildman–Crippen MR) is 153 cm³/mol. The zero-order valence-electron chi connectivity index (χ0n) is 25.0. The second kappa shape index (κ2) is 18.6. The minimum Gasteiger partial charge on any atom is -0.481 e. The number of carbonyl (C=O) groups is 3. The van der Waals surface area contributed by atoms with E-state index in [2.05, 4.69) is 62.0 Å². The van der Waals surface area contributed by atoms with E-state index in [1.54, 1.807) is 0 Å². The number of carboxylic acids is 1. The molecule has 214 valence electrons. The summed E-state index contributed by atoms with van der Waals surface area (Å²) in [6.45, 7) is 30.2. The average Bonchev–Trinajstić information content (AvgIpc) is 2.98. The van der Waals surface area contributed by atoms with Crippen LogP contribution in [0.5, 0.6) is 0 Å². The fourth-order valence-electron chi connectivity index (χ4n) is 4.74. The molecule has 5 nitrogen and oxygen atoms in total. The molecule has 1 heterocycles. The number of allylic oxidation sites excluding steroid dienone is 1. The highest BCUT2D eigenvalue weighted by atomic mass is 16.5. The molecule has 1 N–H and O–H groups in total. The van der Waals surface area contributed by atoms with Gasteiger partial charge in [-0.15, -0.1) is 0 Å². The number of ether oxygens (including phenoxy) is 1. The van der Waals surface area contributed by atoms with Crippen LogP contribution in [0.4, 0.5) is 0 Å². The summed E-state index contributed by atoms with van der Waals surface area (Å²) in [5.41, 5.74) is 0. The molecule has 0 bridgehead atoms. The minimum atomic E-state index is -0.867. The molecule has 4 unspecified atom stereocenters. The number of rotatable bonds is 10. The van der Waals surface area contributed by atoms with E-state index >= 15 is 0 Å². The van der Waals surface area contributed by atoms with Gasteiger partial charge in [0.05, 0.1) is 11.8 Å². The van der Waals surface area contributed by atoms with Crippen molar-refractivity contribution in [2.75, 3.05) is 0 Å². The molecular weight excluding hydrogens is 452 g/mol. The highest BCUT2D eigenvalue weighted by molar-refractivity contribution is 5.84. The van der Waals surface area contributed by atoms with Crippen molar-refractivity contribution in [3.8, 4) is 0 Å². The van der Waals surface area contributed by atoms with E-state index in [0.29, 0.717) is 17.6 Å². The Kier molecular flexibility index (Phi) is 20.1. The average molecular weight is 513 g/mol. The van der Waals surface area contributed by atoms with Gasteiger partial charge in [0, 0.05) is 11.8 Å². The Morgan fingerprint density at radius 1 is 0.778 bits per heavy atom. The molecule has 36 heavy (non-hydrogen) atoms. The zero-order chi connectivity index (χ0) is 28.2. The van der Waals surface area contributed by atoms with Gasteiger partial charge in [-0.25, -0.2) is 0 Å². The number of aliphatic carboxylic acids is 1. The smallest absolute Gasteiger partial charge is 0.315 e. The van der Waals surface area contributed by atoms with Gasteiger partial charge in [0.25, 0.3) is 0 Å². The van der Waals surface area contributed by atoms with E-state index in [1.807, 2.05) is 27.7 Å². The largest absolute Gasteiger partial charge is 0.481 e. The lowest BCUT2D eigenvalue weighted by atomic mass is 9.75. The Balaban J connectivity index is -0.000000464. The first kappa shape index (κ1) is 38.9. The minimum absolute atomic E-state index is 0. The first-order valence-electron chi connectivity index (χ1n) is 13.5. The van der Waals surface area contributed by atoms with Crippen LogP contribution in [0.15, 0.2) is 12.3 Å². The van der Waals surface area contributed by atoms with Crippen molar-refractivity contribution < 1.29 is 24.2 Å². The van der Waals surface area contributed by atoms with Crippen LogP contribution in [0, 0.1) is 59.2 Å². The monoisotopic (exact) mass is 512 g/mol. The molecule has 0 saturated carbocycles. The van der Waals surface area contributed by atoms with Gasteiger partial charge in [-0.1, -0.05) is 110 Å². The molecule has 0 spiro atoms. The molecule has 1 aliphatic heterocycles. The normalized spacial score (nSPS) is 19.0. The lowest BCUT2D eigenvalue weighted by Gasteiger charge is -2.27. The van der Waals surface area contributed by atoms with Crippen LogP contribution in [0.2, 0.25) is 0 Å². The van der Waals surface area contributed by atoms with Gasteiger partial charge in [0.1, 0.15) is 11.5 Å². The van der Waals surface area contributed by atoms with Crippen molar-refractivity contribution in [3.05, 3.63) is 12.3 Å². The van der Waals surface area contributed by atoms with Crippen molar-refractivity contribution in [1.82, 2.24) is 0 Å². The van der Waals surface area contributed by atoms with E-state index in [0.717, 1.165) is 11.8 Å². The molecule has 4 atom stereocenters. The Morgan fingerprint density at radius 2 is 1.14 bits per heavy atom. The standard InChI is InChI=1S/C11H20O3.C11H18O2.C8H18.CH4/c1-6(2)9(8(5)12)10(7(3)4)11(13)14;1-6(2)9-8(5)13-11(12)10(9)7(3)4;1-7(2)5-6-8(3)4;/h6-7,9-10H,1-5H3,(H,13,14);6-7,9-10H,5H2,1-4H3;7-8H,5-6H2,1-4H3;1H4. The van der Waals surface area contributed by atoms with Crippen molar-refractivity contribution in [3.63, 3.8) is 0 Å². The lowest BCUT2D eigenvalue weighted by molar-refractivity contribution is -0.149. The van der Waals surface area contributed by atoms with Gasteiger partial charge in [-0.3, -0.25) is 14.4 Å². The van der Waals surface area contributed by atoms with Crippen LogP contribution in [0.1, 0.15) is 110 Å². The quantitative estimate of drug-likeness (QED) is 0.297. The fourth-order valence-corrected chi connectivity index (χ4v) is 4.74. The Hall–Kier alpha value is -1.65. The van der Waals surface area contributed by atoms with Crippen LogP contribution < -0.4 is 0 Å². The summed E-state index contributed by atoms with van der Waals surface area (Å²) in [6, 6.07) is 0. The Bertz CT molecular complexity index is 602. The summed E-state index contributed by atoms with van der Waals surface area (Å²) in [6.07, 6.45) is 2.77. The second-order valence-corrected chi connectivity index (χ2v) is 12.3. The molecule has 1 aliphatic rings. The van der Waals surface area contributed by atoms with E-state index in [-0.39, 0.29) is 48.8 Å². The molecule has 5 heteroatoms. The highest BCUT2D eigenvalue weighted by Crippen LogP contribution is 2.39. The summed E-state index contributed by atoms with van der Waals surface area (Å²) in [7, 11) is 0. The first-order valence-corrected chi connectivity index (χ1v) is 13.5. The number of Topliss-reactive ketones (excluding diaryl/α,β-unsaturated/α-hetero) is 1. The number of ketones is 1. The molecular formula is C31H60O5. The third-order valence-electron chi connectivity index (χ3n) is 6.60. The van der Waals surface area contributed by atoms with Crippen LogP contribution in [-0.4, -0.2) is 22.8 Å². The van der Waals surface area contributed by atoms with Crippen LogP contribution in [0.25, 0.3) is 0 Å². The number of carboxylic acid groups (broad SMARTS) is 1. The number of esters is 1. The number of cyclic esters (lactones) is 1. The third kappa shape index (κ3) is 14.2. The van der Waals surface area contributed by atoms with E-state index in [4.69, 9.17) is 9.84 Å². The SMILES string of the molecule is C.C=C1OC(=O)C(C(C)C)C1C(C)C.CC(=O)C(C(C)C)C(C(=O)O)C(C)C.CC(C)CCC(C)C. The van der Waals surface area contributed by atoms with Gasteiger partial charge in [-0.2, -0.15) is 0 Å².